The monoisotopic (exact) mass is 458 g/mol. The van der Waals surface area contributed by atoms with Gasteiger partial charge in [0, 0.05) is 13.0 Å². The number of carbonyl (C=O) groups is 1. The van der Waals surface area contributed by atoms with Crippen molar-refractivity contribution in [2.45, 2.75) is 85.0 Å². The van der Waals surface area contributed by atoms with E-state index in [4.69, 9.17) is 18.6 Å². The molecule has 0 saturated heterocycles. The maximum Gasteiger partial charge on any atom is 0.383 e. The van der Waals surface area contributed by atoms with E-state index in [1.807, 2.05) is 0 Å². The maximum atomic E-state index is 12.5. The van der Waals surface area contributed by atoms with Gasteiger partial charge in [0.15, 0.2) is 5.75 Å². The smallest absolute Gasteiger partial charge is 0.383 e. The Morgan fingerprint density at radius 3 is 2.33 bits per heavy atom. The Morgan fingerprint density at radius 2 is 1.64 bits per heavy atom. The number of allylic oxidation sites excluding steroid dienone is 1. The molecule has 1 aromatic carbocycles. The molecule has 6 heteroatoms. The molecular formula is C27H38O6. The molecule has 6 nitrogen and oxygen atoms in total. The van der Waals surface area contributed by atoms with Crippen LogP contribution in [-0.2, 0) is 4.79 Å². The zero-order chi connectivity index (χ0) is 23.9. The average molecular weight is 459 g/mol. The van der Waals surface area contributed by atoms with Gasteiger partial charge in [0.05, 0.1) is 18.6 Å². The molecule has 2 rings (SSSR count). The van der Waals surface area contributed by atoms with Crippen LogP contribution in [0.15, 0.2) is 39.6 Å². The van der Waals surface area contributed by atoms with E-state index in [1.165, 1.54) is 39.0 Å². The Bertz CT molecular complexity index is 944. The summed E-state index contributed by atoms with van der Waals surface area (Å²) in [7, 11) is 0. The van der Waals surface area contributed by atoms with E-state index in [1.54, 1.807) is 18.2 Å². The maximum absolute atomic E-state index is 12.5. The molecule has 0 N–H and O–H groups in total. The normalized spacial score (nSPS) is 11.2. The van der Waals surface area contributed by atoms with E-state index in [0.717, 1.165) is 32.1 Å². The van der Waals surface area contributed by atoms with Crippen LogP contribution in [0.4, 0.5) is 0 Å². The second-order valence-corrected chi connectivity index (χ2v) is 8.14. The van der Waals surface area contributed by atoms with Crippen LogP contribution >= 0.6 is 0 Å². The molecule has 33 heavy (non-hydrogen) atoms. The van der Waals surface area contributed by atoms with Gasteiger partial charge in [-0.1, -0.05) is 70.9 Å². The van der Waals surface area contributed by atoms with Gasteiger partial charge in [-0.3, -0.25) is 4.79 Å². The van der Waals surface area contributed by atoms with Crippen LogP contribution in [-0.4, -0.2) is 19.2 Å². The SMILES string of the molecule is CC/C=C/CCOc1ccc2c(OCCCCCCCCCC)c(OC(C)=O)c(=O)oc2c1. The molecule has 0 saturated carbocycles. The van der Waals surface area contributed by atoms with E-state index in [-0.39, 0.29) is 11.5 Å². The van der Waals surface area contributed by atoms with Crippen LogP contribution in [0.1, 0.15) is 85.0 Å². The van der Waals surface area contributed by atoms with Gasteiger partial charge in [-0.05, 0) is 31.4 Å². The topological polar surface area (TPSA) is 75.0 Å². The number of hydrogen-bond acceptors (Lipinski definition) is 6. The Morgan fingerprint density at radius 1 is 0.909 bits per heavy atom. The van der Waals surface area contributed by atoms with Crippen molar-refractivity contribution < 1.29 is 23.4 Å². The molecule has 0 radical (unpaired) electrons. The number of esters is 1. The lowest BCUT2D eigenvalue weighted by atomic mass is 10.1. The number of carbonyl (C=O) groups excluding carboxylic acids is 1. The van der Waals surface area contributed by atoms with Gasteiger partial charge in [-0.25, -0.2) is 4.79 Å². The number of fused-ring (bicyclic) bond motifs is 1. The molecule has 182 valence electrons. The molecule has 1 heterocycles. The fourth-order valence-electron chi connectivity index (χ4n) is 3.54. The van der Waals surface area contributed by atoms with Crippen molar-refractivity contribution in [1.29, 1.82) is 0 Å². The molecule has 0 spiro atoms. The van der Waals surface area contributed by atoms with E-state index in [0.29, 0.717) is 29.9 Å². The summed E-state index contributed by atoms with van der Waals surface area (Å²) in [6.45, 7) is 6.51. The van der Waals surface area contributed by atoms with Gasteiger partial charge in [-0.2, -0.15) is 0 Å². The molecule has 0 aliphatic heterocycles. The largest absolute Gasteiger partial charge is 0.493 e. The van der Waals surface area contributed by atoms with E-state index in [9.17, 15) is 9.59 Å². The van der Waals surface area contributed by atoms with Gasteiger partial charge in [-0.15, -0.1) is 0 Å². The minimum Gasteiger partial charge on any atom is -0.493 e. The molecule has 0 unspecified atom stereocenters. The fourth-order valence-corrected chi connectivity index (χ4v) is 3.54. The van der Waals surface area contributed by atoms with Crippen molar-refractivity contribution >= 4 is 16.9 Å². The van der Waals surface area contributed by atoms with Crippen LogP contribution < -0.4 is 19.8 Å². The van der Waals surface area contributed by atoms with Crippen molar-refractivity contribution in [3.63, 3.8) is 0 Å². The predicted octanol–water partition coefficient (Wildman–Crippen LogP) is 6.97. The van der Waals surface area contributed by atoms with Crippen LogP contribution in [0.2, 0.25) is 0 Å². The first-order valence-electron chi connectivity index (χ1n) is 12.3. The highest BCUT2D eigenvalue weighted by molar-refractivity contribution is 5.87. The van der Waals surface area contributed by atoms with E-state index >= 15 is 0 Å². The molecule has 0 aliphatic carbocycles. The molecule has 0 atom stereocenters. The molecule has 0 aliphatic rings. The molecule has 0 bridgehead atoms. The van der Waals surface area contributed by atoms with Crippen molar-refractivity contribution in [3.05, 3.63) is 40.8 Å². The summed E-state index contributed by atoms with van der Waals surface area (Å²) in [6, 6.07) is 5.24. The zero-order valence-corrected chi connectivity index (χ0v) is 20.3. The number of ether oxygens (including phenoxy) is 3. The summed E-state index contributed by atoms with van der Waals surface area (Å²) in [5, 5.41) is 0.573. The highest BCUT2D eigenvalue weighted by Gasteiger charge is 2.20. The Labute approximate surface area is 196 Å². The minimum absolute atomic E-state index is 0.201. The van der Waals surface area contributed by atoms with Crippen molar-refractivity contribution in [2.24, 2.45) is 0 Å². The van der Waals surface area contributed by atoms with Crippen LogP contribution in [0.5, 0.6) is 17.2 Å². The van der Waals surface area contributed by atoms with Gasteiger partial charge < -0.3 is 18.6 Å². The molecule has 0 fully saturated rings. The second-order valence-electron chi connectivity index (χ2n) is 8.14. The third-order valence-corrected chi connectivity index (χ3v) is 5.24. The quantitative estimate of drug-likeness (QED) is 0.117. The van der Waals surface area contributed by atoms with E-state index < -0.39 is 11.6 Å². The zero-order valence-electron chi connectivity index (χ0n) is 20.3. The minimum atomic E-state index is -0.744. The summed E-state index contributed by atoms with van der Waals surface area (Å²) in [6.07, 6.45) is 15.4. The highest BCUT2D eigenvalue weighted by Crippen LogP contribution is 2.35. The Hall–Kier alpha value is -2.76. The third kappa shape index (κ3) is 9.32. The highest BCUT2D eigenvalue weighted by atomic mass is 16.6. The molecular weight excluding hydrogens is 420 g/mol. The Balaban J connectivity index is 2.06. The number of benzene rings is 1. The summed E-state index contributed by atoms with van der Waals surface area (Å²) in [4.78, 5) is 24.1. The third-order valence-electron chi connectivity index (χ3n) is 5.24. The first kappa shape index (κ1) is 26.5. The van der Waals surface area contributed by atoms with Crippen LogP contribution in [0.25, 0.3) is 11.0 Å². The second kappa shape index (κ2) is 15.1. The molecule has 1 aromatic heterocycles. The number of rotatable bonds is 16. The standard InChI is InChI=1S/C27H38O6/c1-4-6-8-10-11-12-13-15-19-31-25-23-17-16-22(30-18-14-9-7-5-2)20-24(23)33-27(29)26(25)32-21(3)28/h7,9,16-17,20H,4-6,8,10-15,18-19H2,1-3H3/b9-7+. The molecule has 2 aromatic rings. The van der Waals surface area contributed by atoms with Gasteiger partial charge in [0.2, 0.25) is 0 Å². The van der Waals surface area contributed by atoms with Crippen molar-refractivity contribution in [1.82, 2.24) is 0 Å². The lowest BCUT2D eigenvalue weighted by Crippen LogP contribution is -2.14. The van der Waals surface area contributed by atoms with Crippen LogP contribution in [0.3, 0.4) is 0 Å². The van der Waals surface area contributed by atoms with Gasteiger partial charge >= 0.3 is 11.6 Å². The fraction of sp³-hybridized carbons (Fsp3) is 0.556. The Kier molecular flexibility index (Phi) is 12.2. The van der Waals surface area contributed by atoms with Crippen LogP contribution in [0, 0.1) is 0 Å². The molecule has 0 amide bonds. The first-order valence-corrected chi connectivity index (χ1v) is 12.3. The number of hydrogen-bond donors (Lipinski definition) is 0. The van der Waals surface area contributed by atoms with Crippen molar-refractivity contribution in [2.75, 3.05) is 13.2 Å². The lowest BCUT2D eigenvalue weighted by Gasteiger charge is -2.13. The van der Waals surface area contributed by atoms with Crippen molar-refractivity contribution in [3.8, 4) is 17.2 Å². The van der Waals surface area contributed by atoms with Gasteiger partial charge in [0.1, 0.15) is 11.3 Å². The summed E-state index contributed by atoms with van der Waals surface area (Å²) >= 11 is 0. The first-order chi connectivity index (χ1) is 16.1. The average Bonchev–Trinajstić information content (AvgIpc) is 2.79. The van der Waals surface area contributed by atoms with Gasteiger partial charge in [0.25, 0.3) is 5.75 Å². The summed E-state index contributed by atoms with van der Waals surface area (Å²) < 4.78 is 22.3. The predicted molar refractivity (Wildman–Crippen MR) is 131 cm³/mol. The lowest BCUT2D eigenvalue weighted by molar-refractivity contribution is -0.132. The summed E-state index contributed by atoms with van der Waals surface area (Å²) in [5.74, 6) is 0.0493. The van der Waals surface area contributed by atoms with E-state index in [2.05, 4.69) is 26.0 Å². The summed E-state index contributed by atoms with van der Waals surface area (Å²) in [5.41, 5.74) is -0.407. The number of unbranched alkanes of at least 4 members (excludes halogenated alkanes) is 7.